The van der Waals surface area contributed by atoms with Gasteiger partial charge in [0, 0.05) is 21.6 Å². The van der Waals surface area contributed by atoms with E-state index >= 15 is 0 Å². The molecule has 0 spiro atoms. The summed E-state index contributed by atoms with van der Waals surface area (Å²) in [7, 11) is 0. The van der Waals surface area contributed by atoms with Crippen molar-refractivity contribution in [1.29, 1.82) is 0 Å². The van der Waals surface area contributed by atoms with Gasteiger partial charge < -0.3 is 9.67 Å². The van der Waals surface area contributed by atoms with Crippen LogP contribution in [0, 0.1) is 6.92 Å². The van der Waals surface area contributed by atoms with Gasteiger partial charge in [0.1, 0.15) is 0 Å². The van der Waals surface area contributed by atoms with Gasteiger partial charge in [0.05, 0.1) is 11.8 Å². The molecule has 2 aromatic heterocycles. The van der Waals surface area contributed by atoms with Crippen LogP contribution in [0.2, 0.25) is 0 Å². The summed E-state index contributed by atoms with van der Waals surface area (Å²) in [5.74, 6) is -0.779. The molecule has 1 unspecified atom stereocenters. The maximum absolute atomic E-state index is 10.7. The molecular weight excluding hydrogens is 292 g/mol. The Hall–Kier alpha value is -1.27. The Balaban J connectivity index is 2.32. The molecule has 2 heterocycles. The van der Waals surface area contributed by atoms with Crippen molar-refractivity contribution in [2.24, 2.45) is 0 Å². The molecule has 4 nitrogen and oxygen atoms in total. The van der Waals surface area contributed by atoms with E-state index in [-0.39, 0.29) is 11.8 Å². The molecule has 1 atom stereocenters. The van der Waals surface area contributed by atoms with Crippen molar-refractivity contribution in [2.75, 3.05) is 5.75 Å². The minimum atomic E-state index is -0.817. The fraction of sp³-hybridized carbons (Fsp3) is 0.429. The van der Waals surface area contributed by atoms with E-state index in [1.807, 2.05) is 6.20 Å². The average molecular weight is 310 g/mol. The first kappa shape index (κ1) is 15.1. The number of carboxylic acid groups (broad SMARTS) is 1. The maximum atomic E-state index is 10.7. The summed E-state index contributed by atoms with van der Waals surface area (Å²) in [4.78, 5) is 17.7. The molecule has 108 valence electrons. The summed E-state index contributed by atoms with van der Waals surface area (Å²) in [5, 5.41) is 9.61. The standard InChI is InChI=1S/C14H18N2O2S2/c1-4-11-7-15-14(19-8-13(17)18)16(11)10(3)12-6-5-9(2)20-12/h5-7,10H,4,8H2,1-3H3,(H,17,18). The van der Waals surface area contributed by atoms with Gasteiger partial charge in [-0.1, -0.05) is 18.7 Å². The lowest BCUT2D eigenvalue weighted by atomic mass is 10.2. The highest BCUT2D eigenvalue weighted by Gasteiger charge is 2.18. The molecule has 0 aromatic carbocycles. The SMILES string of the molecule is CCc1cnc(SCC(=O)O)n1C(C)c1ccc(C)s1. The molecule has 2 aromatic rings. The molecular formula is C14H18N2O2S2. The number of hydrogen-bond donors (Lipinski definition) is 1. The van der Waals surface area contributed by atoms with Gasteiger partial charge >= 0.3 is 5.97 Å². The number of thiophene rings is 1. The maximum Gasteiger partial charge on any atom is 0.313 e. The molecule has 0 bridgehead atoms. The third kappa shape index (κ3) is 3.24. The molecule has 6 heteroatoms. The van der Waals surface area contributed by atoms with Crippen molar-refractivity contribution in [2.45, 2.75) is 38.4 Å². The lowest BCUT2D eigenvalue weighted by molar-refractivity contribution is -0.133. The van der Waals surface area contributed by atoms with Gasteiger partial charge in [-0.05, 0) is 32.4 Å². The third-order valence-electron chi connectivity index (χ3n) is 3.09. The molecule has 0 aliphatic carbocycles. The predicted molar refractivity (Wildman–Crippen MR) is 82.8 cm³/mol. The lowest BCUT2D eigenvalue weighted by Crippen LogP contribution is -2.11. The minimum absolute atomic E-state index is 0.0381. The third-order valence-corrected chi connectivity index (χ3v) is 5.21. The monoisotopic (exact) mass is 310 g/mol. The molecule has 0 aliphatic heterocycles. The second kappa shape index (κ2) is 6.45. The van der Waals surface area contributed by atoms with Crippen molar-refractivity contribution in [3.8, 4) is 0 Å². The highest BCUT2D eigenvalue weighted by Crippen LogP contribution is 2.31. The van der Waals surface area contributed by atoms with E-state index in [2.05, 4.69) is 42.5 Å². The second-order valence-electron chi connectivity index (χ2n) is 4.56. The van der Waals surface area contributed by atoms with Crippen molar-refractivity contribution in [3.05, 3.63) is 33.8 Å². The van der Waals surface area contributed by atoms with Crippen LogP contribution in [0.4, 0.5) is 0 Å². The number of thioether (sulfide) groups is 1. The summed E-state index contributed by atoms with van der Waals surface area (Å²) in [6.45, 7) is 6.32. The van der Waals surface area contributed by atoms with Gasteiger partial charge in [0.15, 0.2) is 5.16 Å². The zero-order valence-electron chi connectivity index (χ0n) is 11.8. The number of aryl methyl sites for hydroxylation is 2. The molecule has 20 heavy (non-hydrogen) atoms. The van der Waals surface area contributed by atoms with Crippen molar-refractivity contribution >= 4 is 29.1 Å². The first-order valence-corrected chi connectivity index (χ1v) is 8.30. The van der Waals surface area contributed by atoms with Crippen LogP contribution in [-0.2, 0) is 11.2 Å². The molecule has 0 radical (unpaired) electrons. The summed E-state index contributed by atoms with van der Waals surface area (Å²) >= 11 is 3.05. The van der Waals surface area contributed by atoms with E-state index in [4.69, 9.17) is 5.11 Å². The quantitative estimate of drug-likeness (QED) is 0.828. The van der Waals surface area contributed by atoms with Crippen LogP contribution in [0.3, 0.4) is 0 Å². The van der Waals surface area contributed by atoms with Crippen LogP contribution in [0.1, 0.15) is 35.3 Å². The average Bonchev–Trinajstić information content (AvgIpc) is 3.01. The molecule has 0 aliphatic rings. The normalized spacial score (nSPS) is 12.6. The van der Waals surface area contributed by atoms with Crippen LogP contribution >= 0.6 is 23.1 Å². The topological polar surface area (TPSA) is 55.1 Å². The first-order valence-electron chi connectivity index (χ1n) is 6.50. The van der Waals surface area contributed by atoms with E-state index in [1.54, 1.807) is 11.3 Å². The Labute approximate surface area is 126 Å². The summed E-state index contributed by atoms with van der Waals surface area (Å²) in [6, 6.07) is 4.43. The number of aliphatic carboxylic acids is 1. The highest BCUT2D eigenvalue weighted by molar-refractivity contribution is 7.99. The van der Waals surface area contributed by atoms with Crippen LogP contribution in [0.15, 0.2) is 23.5 Å². The van der Waals surface area contributed by atoms with Gasteiger partial charge in [-0.25, -0.2) is 4.98 Å². The molecule has 0 saturated carbocycles. The lowest BCUT2D eigenvalue weighted by Gasteiger charge is -2.17. The predicted octanol–water partition coefficient (Wildman–Crippen LogP) is 3.60. The van der Waals surface area contributed by atoms with Gasteiger partial charge in [-0.2, -0.15) is 0 Å². The number of imidazole rings is 1. The number of nitrogens with zero attached hydrogens (tertiary/aromatic N) is 2. The van der Waals surface area contributed by atoms with E-state index in [0.717, 1.165) is 17.3 Å². The van der Waals surface area contributed by atoms with E-state index in [0.29, 0.717) is 0 Å². The summed E-state index contributed by atoms with van der Waals surface area (Å²) in [5.41, 5.74) is 1.14. The number of aromatic nitrogens is 2. The van der Waals surface area contributed by atoms with E-state index in [1.165, 1.54) is 21.5 Å². The minimum Gasteiger partial charge on any atom is -0.481 e. The van der Waals surface area contributed by atoms with Crippen molar-refractivity contribution in [1.82, 2.24) is 9.55 Å². The highest BCUT2D eigenvalue weighted by atomic mass is 32.2. The second-order valence-corrected chi connectivity index (χ2v) is 6.82. The van der Waals surface area contributed by atoms with Crippen molar-refractivity contribution in [3.63, 3.8) is 0 Å². The van der Waals surface area contributed by atoms with Gasteiger partial charge in [0.2, 0.25) is 0 Å². The fourth-order valence-electron chi connectivity index (χ4n) is 2.09. The summed E-state index contributed by atoms with van der Waals surface area (Å²) < 4.78 is 2.15. The van der Waals surface area contributed by atoms with Crippen LogP contribution in [0.25, 0.3) is 0 Å². The Morgan fingerprint density at radius 3 is 2.85 bits per heavy atom. The van der Waals surface area contributed by atoms with E-state index < -0.39 is 5.97 Å². The zero-order chi connectivity index (χ0) is 14.7. The Kier molecular flexibility index (Phi) is 4.88. The van der Waals surface area contributed by atoms with Crippen LogP contribution in [-0.4, -0.2) is 26.4 Å². The van der Waals surface area contributed by atoms with Gasteiger partial charge in [-0.3, -0.25) is 4.79 Å². The van der Waals surface area contributed by atoms with E-state index in [9.17, 15) is 4.79 Å². The molecule has 0 amide bonds. The van der Waals surface area contributed by atoms with Gasteiger partial charge in [-0.15, -0.1) is 11.3 Å². The Morgan fingerprint density at radius 1 is 1.55 bits per heavy atom. The smallest absolute Gasteiger partial charge is 0.313 e. The van der Waals surface area contributed by atoms with Crippen molar-refractivity contribution < 1.29 is 9.90 Å². The Morgan fingerprint density at radius 2 is 2.30 bits per heavy atom. The zero-order valence-corrected chi connectivity index (χ0v) is 13.4. The van der Waals surface area contributed by atoms with Crippen LogP contribution in [0.5, 0.6) is 0 Å². The largest absolute Gasteiger partial charge is 0.481 e. The number of rotatable bonds is 6. The Bertz CT molecular complexity index is 604. The summed E-state index contributed by atoms with van der Waals surface area (Å²) in [6.07, 6.45) is 2.73. The van der Waals surface area contributed by atoms with Gasteiger partial charge in [0.25, 0.3) is 0 Å². The molecule has 2 rings (SSSR count). The first-order chi connectivity index (χ1) is 9.52. The number of carboxylic acids is 1. The molecule has 0 saturated heterocycles. The van der Waals surface area contributed by atoms with Crippen LogP contribution < -0.4 is 0 Å². The fourth-order valence-corrected chi connectivity index (χ4v) is 3.81. The molecule has 0 fully saturated rings. The number of carbonyl (C=O) groups is 1. The number of hydrogen-bond acceptors (Lipinski definition) is 4. The molecule has 1 N–H and O–H groups in total.